The van der Waals surface area contributed by atoms with Crippen LogP contribution in [0.3, 0.4) is 0 Å². The van der Waals surface area contributed by atoms with Gasteiger partial charge in [-0.15, -0.1) is 0 Å². The fourth-order valence-electron chi connectivity index (χ4n) is 13.1. The van der Waals surface area contributed by atoms with Crippen LogP contribution in [0.4, 0.5) is 34.1 Å². The topological polar surface area (TPSA) is 88.8 Å². The molecule has 9 nitrogen and oxygen atoms in total. The number of para-hydroxylation sites is 5. The third kappa shape index (κ3) is 8.56. The van der Waals surface area contributed by atoms with Crippen LogP contribution in [0.15, 0.2) is 303 Å². The molecule has 0 spiro atoms. The van der Waals surface area contributed by atoms with Gasteiger partial charge in [0, 0.05) is 78.3 Å². The Morgan fingerprint density at radius 3 is 1.16 bits per heavy atom. The Kier molecular flexibility index (Phi) is 12.1. The van der Waals surface area contributed by atoms with Gasteiger partial charge >= 0.3 is 0 Å². The molecule has 410 valence electrons. The van der Waals surface area contributed by atoms with Gasteiger partial charge in [-0.3, -0.25) is 0 Å². The highest BCUT2D eigenvalue weighted by molar-refractivity contribution is 7.00. The molecule has 3 aromatic heterocycles. The number of benzene rings is 12. The minimum Gasteiger partial charge on any atom is -0.311 e. The van der Waals surface area contributed by atoms with Crippen LogP contribution in [0.5, 0.6) is 0 Å². The van der Waals surface area contributed by atoms with Gasteiger partial charge in [0.05, 0.1) is 16.7 Å². The van der Waals surface area contributed by atoms with Crippen molar-refractivity contribution < 1.29 is 0 Å². The Hall–Kier alpha value is -11.9. The van der Waals surface area contributed by atoms with E-state index in [9.17, 15) is 0 Å². The minimum atomic E-state index is 0.0600. The summed E-state index contributed by atoms with van der Waals surface area (Å²) in [5.74, 6) is 3.28. The van der Waals surface area contributed by atoms with Crippen molar-refractivity contribution in [2.75, 3.05) is 9.80 Å². The van der Waals surface area contributed by atoms with Crippen LogP contribution in [-0.2, 0) is 0 Å². The molecular weight excluding hydrogens is 1070 g/mol. The van der Waals surface area contributed by atoms with Crippen LogP contribution in [0.25, 0.3) is 107 Å². The van der Waals surface area contributed by atoms with Gasteiger partial charge in [0.1, 0.15) is 0 Å². The average molecular weight is 1120 g/mol. The van der Waals surface area contributed by atoms with Crippen molar-refractivity contribution in [3.05, 3.63) is 303 Å². The van der Waals surface area contributed by atoms with Gasteiger partial charge in [0.2, 0.25) is 0 Å². The van der Waals surface area contributed by atoms with E-state index in [2.05, 4.69) is 239 Å². The van der Waals surface area contributed by atoms with Crippen molar-refractivity contribution in [1.82, 2.24) is 34.5 Å². The Bertz CT molecular complexity index is 5060. The summed E-state index contributed by atoms with van der Waals surface area (Å²) in [6.45, 7) is 0.0600. The van der Waals surface area contributed by atoms with Crippen LogP contribution in [0.1, 0.15) is 0 Å². The standard InChI is InChI=1S/C78H50BN9/c1-5-23-52(24-6-1)73-80-74(53-25-7-2-8-26-53)83-77(82-73)57-47-48-67(88-65-37-17-13-33-60(65)61-34-14-18-38-66(61)88)62(50-57)78-84-75(54-27-9-3-10-28-54)81-76(85-78)55-45-43-51(44-46-55)56-29-21-32-59(49-56)87-69-40-20-16-36-64(69)79-63-35-15-19-39-68(63)86(58-30-11-4-12-31-58)70-41-22-42-71(87)72(70)79/h1-50H. The zero-order chi connectivity index (χ0) is 58.1. The van der Waals surface area contributed by atoms with Crippen molar-refractivity contribution in [2.24, 2.45) is 0 Å². The van der Waals surface area contributed by atoms with Crippen LogP contribution >= 0.6 is 0 Å². The number of rotatable bonds is 10. The maximum Gasteiger partial charge on any atom is 0.252 e. The van der Waals surface area contributed by atoms with Gasteiger partial charge in [-0.05, 0) is 106 Å². The van der Waals surface area contributed by atoms with Crippen LogP contribution in [0.2, 0.25) is 0 Å². The molecule has 0 unspecified atom stereocenters. The number of nitrogens with zero attached hydrogens (tertiary/aromatic N) is 9. The number of hydrogen-bond donors (Lipinski definition) is 0. The smallest absolute Gasteiger partial charge is 0.252 e. The van der Waals surface area contributed by atoms with Crippen molar-refractivity contribution in [2.45, 2.75) is 0 Å². The van der Waals surface area contributed by atoms with Gasteiger partial charge in [-0.2, -0.15) is 0 Å². The van der Waals surface area contributed by atoms with E-state index in [1.165, 1.54) is 33.5 Å². The van der Waals surface area contributed by atoms with E-state index in [0.717, 1.165) is 89.1 Å². The van der Waals surface area contributed by atoms with E-state index in [0.29, 0.717) is 34.9 Å². The molecule has 5 heterocycles. The lowest BCUT2D eigenvalue weighted by molar-refractivity contribution is 1.06. The predicted octanol–water partition coefficient (Wildman–Crippen LogP) is 16.9. The molecule has 2 aliphatic rings. The SMILES string of the molecule is c1ccc(-c2nc(-c3ccccc3)nc(-c3ccc(-n4c5ccccc5c5ccccc54)c(-c4nc(-c5ccccc5)nc(-c5ccc(-c6cccc(N7c8ccccc8B8c9ccccc9N(c9ccccc9)c9cccc7c98)c6)cc5)n4)c3)n2)cc1. The maximum atomic E-state index is 5.48. The molecular formula is C78H50BN9. The molecule has 0 aliphatic carbocycles. The van der Waals surface area contributed by atoms with Gasteiger partial charge in [-0.25, -0.2) is 29.9 Å². The van der Waals surface area contributed by atoms with Gasteiger partial charge in [0.15, 0.2) is 34.9 Å². The van der Waals surface area contributed by atoms with E-state index in [4.69, 9.17) is 29.9 Å². The summed E-state index contributed by atoms with van der Waals surface area (Å²) in [7, 11) is 0. The second-order valence-electron chi connectivity index (χ2n) is 22.2. The summed E-state index contributed by atoms with van der Waals surface area (Å²) in [6, 6.07) is 107. The van der Waals surface area contributed by atoms with Crippen LogP contribution in [-0.4, -0.2) is 41.2 Å². The molecule has 0 N–H and O–H groups in total. The molecule has 15 aromatic rings. The Morgan fingerprint density at radius 2 is 0.614 bits per heavy atom. The first-order valence-electron chi connectivity index (χ1n) is 29.6. The summed E-state index contributed by atoms with van der Waals surface area (Å²) in [5.41, 5.74) is 21.0. The van der Waals surface area contributed by atoms with Crippen molar-refractivity contribution in [1.29, 1.82) is 0 Å². The zero-order valence-electron chi connectivity index (χ0n) is 47.5. The number of hydrogen-bond acceptors (Lipinski definition) is 8. The molecule has 12 aromatic carbocycles. The highest BCUT2D eigenvalue weighted by Crippen LogP contribution is 2.45. The summed E-state index contributed by atoms with van der Waals surface area (Å²) < 4.78 is 2.32. The lowest BCUT2D eigenvalue weighted by Crippen LogP contribution is -2.61. The van der Waals surface area contributed by atoms with Crippen molar-refractivity contribution >= 4 is 79.0 Å². The second kappa shape index (κ2) is 21.0. The summed E-state index contributed by atoms with van der Waals surface area (Å²) in [5, 5.41) is 2.29. The fraction of sp³-hybridized carbons (Fsp3) is 0. The first kappa shape index (κ1) is 50.6. The Labute approximate surface area is 509 Å². The van der Waals surface area contributed by atoms with E-state index in [1.807, 2.05) is 78.9 Å². The first-order valence-corrected chi connectivity index (χ1v) is 29.6. The van der Waals surface area contributed by atoms with E-state index >= 15 is 0 Å². The summed E-state index contributed by atoms with van der Waals surface area (Å²) in [6.07, 6.45) is 0. The van der Waals surface area contributed by atoms with Crippen molar-refractivity contribution in [3.8, 4) is 85.1 Å². The van der Waals surface area contributed by atoms with E-state index in [1.54, 1.807) is 0 Å². The van der Waals surface area contributed by atoms with Crippen molar-refractivity contribution in [3.63, 3.8) is 0 Å². The highest BCUT2D eigenvalue weighted by Gasteiger charge is 2.43. The number of anilines is 6. The van der Waals surface area contributed by atoms with Gasteiger partial charge < -0.3 is 14.4 Å². The fourth-order valence-corrected chi connectivity index (χ4v) is 13.1. The lowest BCUT2D eigenvalue weighted by atomic mass is 9.33. The quantitative estimate of drug-likeness (QED) is 0.125. The first-order chi connectivity index (χ1) is 43.6. The lowest BCUT2D eigenvalue weighted by Gasteiger charge is -2.44. The molecule has 10 heteroatoms. The third-order valence-electron chi connectivity index (χ3n) is 17.1. The molecule has 0 saturated heterocycles. The molecule has 88 heavy (non-hydrogen) atoms. The molecule has 0 amide bonds. The summed E-state index contributed by atoms with van der Waals surface area (Å²) in [4.78, 5) is 36.4. The van der Waals surface area contributed by atoms with Crippen LogP contribution < -0.4 is 26.2 Å². The maximum absolute atomic E-state index is 5.48. The monoisotopic (exact) mass is 1120 g/mol. The molecule has 0 atom stereocenters. The van der Waals surface area contributed by atoms with Gasteiger partial charge in [-0.1, -0.05) is 224 Å². The molecule has 0 radical (unpaired) electrons. The molecule has 0 fully saturated rings. The zero-order valence-corrected chi connectivity index (χ0v) is 47.5. The summed E-state index contributed by atoms with van der Waals surface area (Å²) >= 11 is 0. The van der Waals surface area contributed by atoms with E-state index < -0.39 is 0 Å². The van der Waals surface area contributed by atoms with Gasteiger partial charge in [0.25, 0.3) is 6.71 Å². The Morgan fingerprint density at radius 1 is 0.239 bits per heavy atom. The second-order valence-corrected chi connectivity index (χ2v) is 22.2. The largest absolute Gasteiger partial charge is 0.311 e. The predicted molar refractivity (Wildman–Crippen MR) is 360 cm³/mol. The molecule has 0 saturated carbocycles. The highest BCUT2D eigenvalue weighted by atomic mass is 15.2. The van der Waals surface area contributed by atoms with E-state index in [-0.39, 0.29) is 6.71 Å². The average Bonchev–Trinajstić information content (AvgIpc) is 0.930. The number of aromatic nitrogens is 7. The molecule has 17 rings (SSSR count). The third-order valence-corrected chi connectivity index (χ3v) is 17.1. The van der Waals surface area contributed by atoms with Crippen LogP contribution in [0, 0.1) is 0 Å². The minimum absolute atomic E-state index is 0.0600. The Balaban J connectivity index is 0.802. The molecule has 2 aliphatic heterocycles. The molecule has 0 bridgehead atoms. The number of fused-ring (bicyclic) bond motifs is 7. The normalized spacial score (nSPS) is 12.2.